The minimum atomic E-state index is -4.74. The van der Waals surface area contributed by atoms with Gasteiger partial charge in [-0.25, -0.2) is 4.79 Å². The number of amides is 2. The molecule has 190 valence electrons. The summed E-state index contributed by atoms with van der Waals surface area (Å²) >= 11 is 0. The lowest BCUT2D eigenvalue weighted by Crippen LogP contribution is -2.52. The molecule has 8 nitrogen and oxygen atoms in total. The molecule has 2 amide bonds. The van der Waals surface area contributed by atoms with E-state index < -0.39 is 6.36 Å². The molecule has 36 heavy (non-hydrogen) atoms. The average molecular weight is 502 g/mol. The molecule has 0 radical (unpaired) electrons. The highest BCUT2D eigenvalue weighted by Crippen LogP contribution is 2.37. The van der Waals surface area contributed by atoms with E-state index in [-0.39, 0.29) is 23.6 Å². The van der Waals surface area contributed by atoms with Gasteiger partial charge in [0, 0.05) is 61.7 Å². The normalized spacial score (nSPS) is 20.9. The summed E-state index contributed by atoms with van der Waals surface area (Å²) in [6.45, 7) is 3.05. The van der Waals surface area contributed by atoms with Crippen LogP contribution in [0.3, 0.4) is 0 Å². The van der Waals surface area contributed by atoms with Crippen molar-refractivity contribution in [3.63, 3.8) is 0 Å². The summed E-state index contributed by atoms with van der Waals surface area (Å²) in [6.07, 6.45) is -0.624. The first kappa shape index (κ1) is 24.1. The number of aromatic nitrogens is 3. The zero-order chi connectivity index (χ0) is 25.1. The first-order valence-corrected chi connectivity index (χ1v) is 11.8. The van der Waals surface area contributed by atoms with E-state index in [1.54, 1.807) is 29.4 Å². The number of nitrogens with one attached hydrogen (secondary N) is 1. The van der Waals surface area contributed by atoms with Crippen LogP contribution < -0.4 is 4.74 Å². The lowest BCUT2D eigenvalue weighted by Gasteiger charge is -2.41. The molecule has 2 aliphatic heterocycles. The number of halogens is 3. The lowest BCUT2D eigenvalue weighted by molar-refractivity contribution is -0.274. The van der Waals surface area contributed by atoms with Crippen LogP contribution in [0.2, 0.25) is 0 Å². The molecule has 2 aromatic heterocycles. The summed E-state index contributed by atoms with van der Waals surface area (Å²) in [4.78, 5) is 21.0. The van der Waals surface area contributed by atoms with Gasteiger partial charge in [-0.1, -0.05) is 12.1 Å². The van der Waals surface area contributed by atoms with Crippen molar-refractivity contribution in [3.05, 3.63) is 66.1 Å². The number of H-pyrrole nitrogens is 1. The average Bonchev–Trinajstić information content (AvgIpc) is 3.39. The van der Waals surface area contributed by atoms with E-state index in [2.05, 4.69) is 19.9 Å². The smallest absolute Gasteiger partial charge is 0.406 e. The number of nitrogens with zero attached hydrogens (tertiary/aromatic N) is 4. The Bertz CT molecular complexity index is 1160. The number of urea groups is 1. The number of morpholine rings is 1. The van der Waals surface area contributed by atoms with Crippen LogP contribution in [-0.2, 0) is 4.74 Å². The molecule has 0 spiro atoms. The fraction of sp³-hybridized carbons (Fsp3) is 0.400. The number of ether oxygens (including phenoxy) is 2. The van der Waals surface area contributed by atoms with Crippen molar-refractivity contribution in [1.29, 1.82) is 0 Å². The number of piperidine rings is 1. The van der Waals surface area contributed by atoms with Gasteiger partial charge in [-0.2, -0.15) is 5.10 Å². The summed E-state index contributed by atoms with van der Waals surface area (Å²) in [5.74, 6) is -0.361. The van der Waals surface area contributed by atoms with Crippen LogP contribution in [0.25, 0.3) is 11.3 Å². The van der Waals surface area contributed by atoms with Gasteiger partial charge in [0.05, 0.1) is 18.9 Å². The molecule has 4 heterocycles. The van der Waals surface area contributed by atoms with Crippen molar-refractivity contribution in [2.24, 2.45) is 0 Å². The molecule has 3 aromatic rings. The number of carbonyl (C=O) groups excluding carboxylic acids is 1. The van der Waals surface area contributed by atoms with Gasteiger partial charge in [0.1, 0.15) is 5.75 Å². The predicted molar refractivity (Wildman–Crippen MR) is 124 cm³/mol. The highest BCUT2D eigenvalue weighted by Gasteiger charge is 2.35. The van der Waals surface area contributed by atoms with E-state index in [9.17, 15) is 18.0 Å². The van der Waals surface area contributed by atoms with Crippen molar-refractivity contribution in [3.8, 4) is 17.0 Å². The van der Waals surface area contributed by atoms with E-state index in [1.165, 1.54) is 12.1 Å². The first-order valence-electron chi connectivity index (χ1n) is 11.8. The van der Waals surface area contributed by atoms with Gasteiger partial charge >= 0.3 is 12.4 Å². The van der Waals surface area contributed by atoms with Crippen LogP contribution in [0.4, 0.5) is 18.0 Å². The maximum absolute atomic E-state index is 13.4. The van der Waals surface area contributed by atoms with E-state index >= 15 is 0 Å². The Morgan fingerprint density at radius 2 is 1.69 bits per heavy atom. The molecule has 1 N–H and O–H groups in total. The second-order valence-electron chi connectivity index (χ2n) is 8.98. The Hall–Kier alpha value is -3.60. The number of pyridine rings is 1. The van der Waals surface area contributed by atoms with E-state index in [0.29, 0.717) is 45.8 Å². The Balaban J connectivity index is 1.39. The maximum Gasteiger partial charge on any atom is 0.573 e. The van der Waals surface area contributed by atoms with Crippen LogP contribution in [-0.4, -0.2) is 76.8 Å². The summed E-state index contributed by atoms with van der Waals surface area (Å²) < 4.78 is 47.2. The third-order valence-corrected chi connectivity index (χ3v) is 6.60. The van der Waals surface area contributed by atoms with Crippen LogP contribution in [0.1, 0.15) is 29.5 Å². The van der Waals surface area contributed by atoms with E-state index in [4.69, 9.17) is 4.74 Å². The predicted octanol–water partition coefficient (Wildman–Crippen LogP) is 4.40. The van der Waals surface area contributed by atoms with Crippen molar-refractivity contribution in [2.75, 3.05) is 39.4 Å². The van der Waals surface area contributed by atoms with E-state index in [1.807, 2.05) is 23.1 Å². The minimum absolute atomic E-state index is 0.0251. The molecule has 2 saturated heterocycles. The van der Waals surface area contributed by atoms with Crippen LogP contribution in [0.5, 0.6) is 5.75 Å². The standard InChI is InChI=1S/C25H26F3N5O3/c26-25(27,28)36-21-3-1-17(2-4-21)19-13-20(16-33(15-19)24(34)32-9-11-35-12-10-32)23-14-22(30-31-23)18-5-7-29-8-6-18/h1-8,14,19-20H,9-13,15-16H2,(H,30,31). The number of carbonyl (C=O) groups is 1. The van der Waals surface area contributed by atoms with Crippen molar-refractivity contribution in [1.82, 2.24) is 25.0 Å². The van der Waals surface area contributed by atoms with Crippen LogP contribution >= 0.6 is 0 Å². The molecule has 11 heteroatoms. The molecular formula is C25H26F3N5O3. The summed E-state index contributed by atoms with van der Waals surface area (Å²) in [5.41, 5.74) is 3.47. The third-order valence-electron chi connectivity index (χ3n) is 6.60. The van der Waals surface area contributed by atoms with Crippen molar-refractivity contribution >= 4 is 6.03 Å². The minimum Gasteiger partial charge on any atom is -0.406 e. The van der Waals surface area contributed by atoms with Gasteiger partial charge < -0.3 is 19.3 Å². The largest absolute Gasteiger partial charge is 0.573 e. The molecule has 0 bridgehead atoms. The molecular weight excluding hydrogens is 475 g/mol. The Labute approximate surface area is 206 Å². The Kier molecular flexibility index (Phi) is 6.82. The summed E-state index contributed by atoms with van der Waals surface area (Å²) in [7, 11) is 0. The quantitative estimate of drug-likeness (QED) is 0.573. The molecule has 2 unspecified atom stereocenters. The Morgan fingerprint density at radius 3 is 2.39 bits per heavy atom. The van der Waals surface area contributed by atoms with Gasteiger partial charge in [0.15, 0.2) is 0 Å². The number of benzene rings is 1. The molecule has 2 fully saturated rings. The van der Waals surface area contributed by atoms with Crippen LogP contribution in [0, 0.1) is 0 Å². The fourth-order valence-corrected chi connectivity index (χ4v) is 4.83. The van der Waals surface area contributed by atoms with E-state index in [0.717, 1.165) is 22.5 Å². The molecule has 0 saturated carbocycles. The summed E-state index contributed by atoms with van der Waals surface area (Å²) in [6, 6.07) is 11.6. The second kappa shape index (κ2) is 10.2. The van der Waals surface area contributed by atoms with Crippen molar-refractivity contribution in [2.45, 2.75) is 24.6 Å². The number of alkyl halides is 3. The van der Waals surface area contributed by atoms with Gasteiger partial charge in [-0.15, -0.1) is 13.2 Å². The number of likely N-dealkylation sites (tertiary alicyclic amines) is 1. The van der Waals surface area contributed by atoms with Gasteiger partial charge in [0.25, 0.3) is 0 Å². The first-order chi connectivity index (χ1) is 17.4. The summed E-state index contributed by atoms with van der Waals surface area (Å²) in [5, 5.41) is 7.59. The number of hydrogen-bond acceptors (Lipinski definition) is 5. The highest BCUT2D eigenvalue weighted by molar-refractivity contribution is 5.75. The number of rotatable bonds is 4. The SMILES string of the molecule is O=C(N1CCOCC1)N1CC(c2ccc(OC(F)(F)F)cc2)CC(c2cc(-c3ccncc3)n[nH]2)C1. The number of aromatic amines is 1. The maximum atomic E-state index is 13.4. The third kappa shape index (κ3) is 5.62. The Morgan fingerprint density at radius 1 is 1.00 bits per heavy atom. The zero-order valence-electron chi connectivity index (χ0n) is 19.4. The van der Waals surface area contributed by atoms with Gasteiger partial charge in [-0.05, 0) is 42.3 Å². The van der Waals surface area contributed by atoms with Crippen molar-refractivity contribution < 1.29 is 27.4 Å². The molecule has 0 aliphatic carbocycles. The van der Waals surface area contributed by atoms with Gasteiger partial charge in [-0.3, -0.25) is 10.1 Å². The molecule has 5 rings (SSSR count). The topological polar surface area (TPSA) is 83.6 Å². The second-order valence-corrected chi connectivity index (χ2v) is 8.98. The monoisotopic (exact) mass is 501 g/mol. The fourth-order valence-electron chi connectivity index (χ4n) is 4.83. The molecule has 2 aliphatic rings. The molecule has 2 atom stereocenters. The zero-order valence-corrected chi connectivity index (χ0v) is 19.4. The van der Waals surface area contributed by atoms with Gasteiger partial charge in [0.2, 0.25) is 0 Å². The number of hydrogen-bond donors (Lipinski definition) is 1. The lowest BCUT2D eigenvalue weighted by atomic mass is 9.83. The highest BCUT2D eigenvalue weighted by atomic mass is 19.4. The molecule has 1 aromatic carbocycles. The van der Waals surface area contributed by atoms with Crippen LogP contribution in [0.15, 0.2) is 54.9 Å².